The lowest BCUT2D eigenvalue weighted by Gasteiger charge is -2.00. The molecule has 106 valence electrons. The first-order valence-electron chi connectivity index (χ1n) is 5.85. The summed E-state index contributed by atoms with van der Waals surface area (Å²) in [4.78, 5) is 4.10. The van der Waals surface area contributed by atoms with E-state index >= 15 is 0 Å². The highest BCUT2D eigenvalue weighted by molar-refractivity contribution is 14.1. The number of anilines is 1. The fourth-order valence-electron chi connectivity index (χ4n) is 1.42. The average Bonchev–Trinajstić information content (AvgIpc) is 2.88. The molecule has 0 spiro atoms. The fraction of sp³-hybridized carbons (Fsp3) is 0.250. The maximum atomic E-state index is 5.75. The van der Waals surface area contributed by atoms with E-state index in [-0.39, 0.29) is 0 Å². The molecule has 8 heteroatoms. The van der Waals surface area contributed by atoms with E-state index in [0.717, 1.165) is 14.1 Å². The molecule has 0 fully saturated rings. The maximum absolute atomic E-state index is 5.75. The van der Waals surface area contributed by atoms with Crippen molar-refractivity contribution in [2.24, 2.45) is 10.7 Å². The zero-order valence-corrected chi connectivity index (χ0v) is 13.8. The Bertz CT molecular complexity index is 601. The summed E-state index contributed by atoms with van der Waals surface area (Å²) in [5.41, 5.74) is 6.81. The third-order valence-corrected chi connectivity index (χ3v) is 4.15. The van der Waals surface area contributed by atoms with Crippen LogP contribution in [0.4, 0.5) is 5.13 Å². The number of nitrogens with one attached hydrogen (secondary N) is 1. The Labute approximate surface area is 134 Å². The van der Waals surface area contributed by atoms with Crippen molar-refractivity contribution in [3.8, 4) is 10.6 Å². The number of nitrogens with zero attached hydrogens (tertiary/aromatic N) is 3. The second kappa shape index (κ2) is 7.50. The minimum atomic E-state index is 0.313. The number of hydrogen-bond acceptors (Lipinski definition) is 5. The maximum Gasteiger partial charge on any atom is 0.212 e. The number of halogens is 1. The van der Waals surface area contributed by atoms with E-state index in [1.54, 1.807) is 7.11 Å². The first kappa shape index (κ1) is 15.1. The summed E-state index contributed by atoms with van der Waals surface area (Å²) in [7, 11) is 1.62. The fourth-order valence-corrected chi connectivity index (χ4v) is 3.04. The van der Waals surface area contributed by atoms with Crippen molar-refractivity contribution < 1.29 is 4.74 Å². The number of aliphatic imine (C=N–C) groups is 1. The molecule has 0 aliphatic heterocycles. The Morgan fingerprint density at radius 3 is 3.00 bits per heavy atom. The van der Waals surface area contributed by atoms with Gasteiger partial charge < -0.3 is 15.8 Å². The number of guanidine groups is 1. The number of methoxy groups -OCH3 is 1. The van der Waals surface area contributed by atoms with E-state index in [4.69, 9.17) is 10.5 Å². The summed E-state index contributed by atoms with van der Waals surface area (Å²) in [6.45, 7) is 1.05. The Kier molecular flexibility index (Phi) is 5.68. The zero-order chi connectivity index (χ0) is 14.4. The molecule has 0 saturated carbocycles. The molecule has 1 aromatic heterocycles. The molecule has 2 aromatic rings. The van der Waals surface area contributed by atoms with Crippen LogP contribution in [0.2, 0.25) is 0 Å². The van der Waals surface area contributed by atoms with Gasteiger partial charge in [-0.05, 0) is 28.7 Å². The van der Waals surface area contributed by atoms with Gasteiger partial charge in [-0.25, -0.2) is 0 Å². The molecule has 0 bridgehead atoms. The predicted octanol–water partition coefficient (Wildman–Crippen LogP) is 2.18. The van der Waals surface area contributed by atoms with E-state index in [0.29, 0.717) is 24.2 Å². The quantitative estimate of drug-likeness (QED) is 0.346. The van der Waals surface area contributed by atoms with Gasteiger partial charge in [0.05, 0.1) is 13.2 Å². The minimum Gasteiger partial charge on any atom is -0.383 e. The van der Waals surface area contributed by atoms with Gasteiger partial charge in [0.25, 0.3) is 0 Å². The Hall–Kier alpha value is -1.26. The Morgan fingerprint density at radius 2 is 2.25 bits per heavy atom. The predicted molar refractivity (Wildman–Crippen MR) is 90.1 cm³/mol. The molecule has 0 aliphatic rings. The third kappa shape index (κ3) is 4.12. The number of ether oxygens (including phenoxy) is 1. The Balaban J connectivity index is 2.06. The van der Waals surface area contributed by atoms with Crippen molar-refractivity contribution in [1.82, 2.24) is 10.2 Å². The summed E-state index contributed by atoms with van der Waals surface area (Å²) in [6.07, 6.45) is 0. The highest BCUT2D eigenvalue weighted by Gasteiger charge is 2.09. The van der Waals surface area contributed by atoms with Crippen LogP contribution in [0.1, 0.15) is 0 Å². The van der Waals surface area contributed by atoms with E-state index in [1.165, 1.54) is 11.3 Å². The smallest absolute Gasteiger partial charge is 0.212 e. The SMILES string of the molecule is COCCN=C(N)Nc1nnc(-c2ccccc2I)s1. The Morgan fingerprint density at radius 1 is 1.45 bits per heavy atom. The van der Waals surface area contributed by atoms with E-state index in [9.17, 15) is 0 Å². The van der Waals surface area contributed by atoms with E-state index in [2.05, 4.69) is 43.1 Å². The van der Waals surface area contributed by atoms with Crippen LogP contribution in [0.25, 0.3) is 10.6 Å². The molecule has 0 radical (unpaired) electrons. The van der Waals surface area contributed by atoms with Crippen LogP contribution in [0.3, 0.4) is 0 Å². The first-order chi connectivity index (χ1) is 9.70. The van der Waals surface area contributed by atoms with Gasteiger partial charge in [0.1, 0.15) is 0 Å². The van der Waals surface area contributed by atoms with Crippen molar-refractivity contribution in [2.45, 2.75) is 0 Å². The van der Waals surface area contributed by atoms with Crippen LogP contribution in [0, 0.1) is 3.57 Å². The highest BCUT2D eigenvalue weighted by Crippen LogP contribution is 2.29. The normalized spacial score (nSPS) is 11.6. The molecule has 0 aliphatic carbocycles. The van der Waals surface area contributed by atoms with Crippen LogP contribution < -0.4 is 11.1 Å². The number of benzene rings is 1. The lowest BCUT2D eigenvalue weighted by atomic mass is 10.2. The minimum absolute atomic E-state index is 0.313. The molecule has 0 unspecified atom stereocenters. The summed E-state index contributed by atoms with van der Waals surface area (Å²) in [5.74, 6) is 0.313. The first-order valence-corrected chi connectivity index (χ1v) is 7.74. The summed E-state index contributed by atoms with van der Waals surface area (Å²) < 4.78 is 6.03. The van der Waals surface area contributed by atoms with Gasteiger partial charge in [-0.2, -0.15) is 0 Å². The van der Waals surface area contributed by atoms with Crippen molar-refractivity contribution in [3.63, 3.8) is 0 Å². The van der Waals surface area contributed by atoms with Crippen LogP contribution in [0.15, 0.2) is 29.3 Å². The monoisotopic (exact) mass is 403 g/mol. The molecule has 1 heterocycles. The van der Waals surface area contributed by atoms with Gasteiger partial charge >= 0.3 is 0 Å². The average molecular weight is 403 g/mol. The van der Waals surface area contributed by atoms with Gasteiger partial charge in [0.15, 0.2) is 11.0 Å². The number of hydrogen-bond donors (Lipinski definition) is 2. The topological polar surface area (TPSA) is 85.4 Å². The van der Waals surface area contributed by atoms with Crippen molar-refractivity contribution in [1.29, 1.82) is 0 Å². The number of nitrogens with two attached hydrogens (primary N) is 1. The molecular weight excluding hydrogens is 389 g/mol. The van der Waals surface area contributed by atoms with Crippen LogP contribution >= 0.6 is 33.9 Å². The number of aromatic nitrogens is 2. The molecule has 2 rings (SSSR count). The molecule has 0 amide bonds. The van der Waals surface area contributed by atoms with Crippen molar-refractivity contribution in [2.75, 3.05) is 25.6 Å². The molecular formula is C12H14IN5OS. The summed E-state index contributed by atoms with van der Waals surface area (Å²) in [6, 6.07) is 8.02. The van der Waals surface area contributed by atoms with Gasteiger partial charge in [-0.3, -0.25) is 4.99 Å². The molecule has 6 nitrogen and oxygen atoms in total. The van der Waals surface area contributed by atoms with Crippen LogP contribution in [-0.4, -0.2) is 36.4 Å². The van der Waals surface area contributed by atoms with Crippen LogP contribution in [0.5, 0.6) is 0 Å². The van der Waals surface area contributed by atoms with Crippen molar-refractivity contribution in [3.05, 3.63) is 27.8 Å². The largest absolute Gasteiger partial charge is 0.383 e. The van der Waals surface area contributed by atoms with Gasteiger partial charge in [-0.15, -0.1) is 10.2 Å². The van der Waals surface area contributed by atoms with Gasteiger partial charge in [0, 0.05) is 16.2 Å². The molecule has 0 atom stereocenters. The van der Waals surface area contributed by atoms with Gasteiger partial charge in [-0.1, -0.05) is 29.5 Å². The third-order valence-electron chi connectivity index (χ3n) is 2.34. The summed E-state index contributed by atoms with van der Waals surface area (Å²) in [5, 5.41) is 12.6. The molecule has 20 heavy (non-hydrogen) atoms. The molecule has 1 aromatic carbocycles. The van der Waals surface area contributed by atoms with E-state index in [1.807, 2.05) is 24.3 Å². The second-order valence-corrected chi connectivity index (χ2v) is 5.92. The summed E-state index contributed by atoms with van der Waals surface area (Å²) >= 11 is 3.71. The van der Waals surface area contributed by atoms with Gasteiger partial charge in [0.2, 0.25) is 5.13 Å². The molecule has 0 saturated heterocycles. The molecule has 3 N–H and O–H groups in total. The van der Waals surface area contributed by atoms with Crippen LogP contribution in [-0.2, 0) is 4.74 Å². The van der Waals surface area contributed by atoms with Crippen molar-refractivity contribution >= 4 is 45.0 Å². The number of rotatable bonds is 5. The highest BCUT2D eigenvalue weighted by atomic mass is 127. The second-order valence-electron chi connectivity index (χ2n) is 3.78. The van der Waals surface area contributed by atoms with E-state index < -0.39 is 0 Å². The lowest BCUT2D eigenvalue weighted by molar-refractivity contribution is 0.208. The standard InChI is InChI=1S/C12H14IN5OS/c1-19-7-6-15-11(14)16-12-18-17-10(20-12)8-4-2-3-5-9(8)13/h2-5H,6-7H2,1H3,(H3,14,15,16,18). The zero-order valence-electron chi connectivity index (χ0n) is 10.8. The lowest BCUT2D eigenvalue weighted by Crippen LogP contribution is -2.23.